The number of rotatable bonds is 2. The SMILES string of the molecule is Cc1cc2c(c(=O)o1)CC(C(=O)c1ccccc1)CO2. The summed E-state index contributed by atoms with van der Waals surface area (Å²) in [7, 11) is 0. The van der Waals surface area contributed by atoms with E-state index in [1.807, 2.05) is 18.2 Å². The summed E-state index contributed by atoms with van der Waals surface area (Å²) in [5.41, 5.74) is 0.683. The van der Waals surface area contributed by atoms with E-state index in [9.17, 15) is 9.59 Å². The Balaban J connectivity index is 1.89. The van der Waals surface area contributed by atoms with Crippen LogP contribution >= 0.6 is 0 Å². The monoisotopic (exact) mass is 270 g/mol. The first-order valence-electron chi connectivity index (χ1n) is 6.51. The maximum absolute atomic E-state index is 12.4. The number of hydrogen-bond acceptors (Lipinski definition) is 4. The van der Waals surface area contributed by atoms with Crippen LogP contribution in [0, 0.1) is 12.8 Å². The molecule has 0 saturated carbocycles. The lowest BCUT2D eigenvalue weighted by atomic mass is 9.90. The lowest BCUT2D eigenvalue weighted by molar-refractivity contribution is 0.0852. The predicted molar refractivity (Wildman–Crippen MR) is 73.2 cm³/mol. The number of Topliss-reactive ketones (excluding diaryl/α,β-unsaturated/α-hetero) is 1. The Morgan fingerprint density at radius 1 is 1.25 bits per heavy atom. The van der Waals surface area contributed by atoms with Gasteiger partial charge >= 0.3 is 5.63 Å². The lowest BCUT2D eigenvalue weighted by Gasteiger charge is -2.23. The van der Waals surface area contributed by atoms with E-state index in [-0.39, 0.29) is 11.7 Å². The smallest absolute Gasteiger partial charge is 0.342 e. The van der Waals surface area contributed by atoms with E-state index < -0.39 is 5.63 Å². The second-order valence-electron chi connectivity index (χ2n) is 4.93. The second kappa shape index (κ2) is 4.96. The second-order valence-corrected chi connectivity index (χ2v) is 4.93. The Hall–Kier alpha value is -2.36. The van der Waals surface area contributed by atoms with Crippen molar-refractivity contribution in [2.24, 2.45) is 5.92 Å². The molecule has 0 bridgehead atoms. The van der Waals surface area contributed by atoms with Crippen LogP contribution in [0.3, 0.4) is 0 Å². The molecule has 1 aliphatic rings. The van der Waals surface area contributed by atoms with Crippen molar-refractivity contribution in [2.45, 2.75) is 13.3 Å². The maximum Gasteiger partial charge on any atom is 0.342 e. The summed E-state index contributed by atoms with van der Waals surface area (Å²) >= 11 is 0. The van der Waals surface area contributed by atoms with Gasteiger partial charge in [0.2, 0.25) is 0 Å². The molecule has 1 atom stereocenters. The van der Waals surface area contributed by atoms with Gasteiger partial charge in [-0.2, -0.15) is 0 Å². The fourth-order valence-electron chi connectivity index (χ4n) is 2.42. The molecule has 2 heterocycles. The Morgan fingerprint density at radius 2 is 2.00 bits per heavy atom. The minimum atomic E-state index is -0.412. The molecular formula is C16H14O4. The molecule has 1 unspecified atom stereocenters. The van der Waals surface area contributed by atoms with Crippen molar-refractivity contribution in [2.75, 3.05) is 6.61 Å². The molecule has 0 saturated heterocycles. The van der Waals surface area contributed by atoms with E-state index in [0.29, 0.717) is 35.7 Å². The van der Waals surface area contributed by atoms with Crippen LogP contribution in [0.15, 0.2) is 45.6 Å². The van der Waals surface area contributed by atoms with Gasteiger partial charge < -0.3 is 9.15 Å². The Labute approximate surface area is 116 Å². The van der Waals surface area contributed by atoms with E-state index in [1.54, 1.807) is 25.1 Å². The first-order valence-corrected chi connectivity index (χ1v) is 6.51. The minimum absolute atomic E-state index is 0.00350. The standard InChI is InChI=1S/C16H14O4/c1-10-7-14-13(16(18)20-10)8-12(9-19-14)15(17)11-5-3-2-4-6-11/h2-7,12H,8-9H2,1H3. The van der Waals surface area contributed by atoms with Crippen molar-refractivity contribution in [3.8, 4) is 5.75 Å². The van der Waals surface area contributed by atoms with E-state index in [0.717, 1.165) is 0 Å². The Kier molecular flexibility index (Phi) is 3.14. The van der Waals surface area contributed by atoms with Crippen LogP contribution in [-0.4, -0.2) is 12.4 Å². The van der Waals surface area contributed by atoms with Crippen molar-refractivity contribution in [3.05, 3.63) is 63.7 Å². The van der Waals surface area contributed by atoms with Crippen molar-refractivity contribution < 1.29 is 13.9 Å². The fraction of sp³-hybridized carbons (Fsp3) is 0.250. The molecule has 0 fully saturated rings. The fourth-order valence-corrected chi connectivity index (χ4v) is 2.42. The summed E-state index contributed by atoms with van der Waals surface area (Å²) < 4.78 is 10.6. The molecule has 20 heavy (non-hydrogen) atoms. The number of aryl methyl sites for hydroxylation is 1. The lowest BCUT2D eigenvalue weighted by Crippen LogP contribution is -2.31. The summed E-state index contributed by atoms with van der Waals surface area (Å²) in [6, 6.07) is 10.7. The highest BCUT2D eigenvalue weighted by Crippen LogP contribution is 2.27. The first-order chi connectivity index (χ1) is 9.65. The normalized spacial score (nSPS) is 17.1. The molecule has 0 N–H and O–H groups in total. The van der Waals surface area contributed by atoms with E-state index in [1.165, 1.54) is 0 Å². The minimum Gasteiger partial charge on any atom is -0.492 e. The summed E-state index contributed by atoms with van der Waals surface area (Å²) in [4.78, 5) is 24.2. The molecule has 0 amide bonds. The zero-order chi connectivity index (χ0) is 14.1. The van der Waals surface area contributed by atoms with Crippen LogP contribution in [-0.2, 0) is 6.42 Å². The van der Waals surface area contributed by atoms with Crippen LogP contribution in [0.5, 0.6) is 5.75 Å². The van der Waals surface area contributed by atoms with E-state index in [4.69, 9.17) is 9.15 Å². The zero-order valence-corrected chi connectivity index (χ0v) is 11.1. The number of carbonyl (C=O) groups is 1. The molecule has 4 heteroatoms. The molecule has 4 nitrogen and oxygen atoms in total. The quantitative estimate of drug-likeness (QED) is 0.786. The molecule has 3 rings (SSSR count). The summed E-state index contributed by atoms with van der Waals surface area (Å²) in [5, 5.41) is 0. The van der Waals surface area contributed by atoms with Crippen molar-refractivity contribution in [1.29, 1.82) is 0 Å². The third-order valence-electron chi connectivity index (χ3n) is 3.45. The number of hydrogen-bond donors (Lipinski definition) is 0. The van der Waals surface area contributed by atoms with Gasteiger partial charge in [-0.15, -0.1) is 0 Å². The van der Waals surface area contributed by atoms with Crippen LogP contribution < -0.4 is 10.4 Å². The molecule has 1 aromatic carbocycles. The highest BCUT2D eigenvalue weighted by atomic mass is 16.5. The third-order valence-corrected chi connectivity index (χ3v) is 3.45. The van der Waals surface area contributed by atoms with Gasteiger partial charge in [0.05, 0.1) is 18.1 Å². The Bertz CT molecular complexity index is 700. The number of fused-ring (bicyclic) bond motifs is 1. The van der Waals surface area contributed by atoms with Crippen LogP contribution in [0.25, 0.3) is 0 Å². The van der Waals surface area contributed by atoms with Crippen LogP contribution in [0.4, 0.5) is 0 Å². The van der Waals surface area contributed by atoms with Crippen LogP contribution in [0.2, 0.25) is 0 Å². The molecular weight excluding hydrogens is 256 g/mol. The third kappa shape index (κ3) is 2.25. The van der Waals surface area contributed by atoms with Crippen molar-refractivity contribution in [1.82, 2.24) is 0 Å². The predicted octanol–water partition coefficient (Wildman–Crippen LogP) is 2.38. The number of carbonyl (C=O) groups excluding carboxylic acids is 1. The molecule has 1 aromatic heterocycles. The summed E-state index contributed by atoms with van der Waals surface area (Å²) in [6.45, 7) is 2.00. The van der Waals surface area contributed by atoms with Gasteiger partial charge in [0, 0.05) is 11.6 Å². The average molecular weight is 270 g/mol. The van der Waals surface area contributed by atoms with Gasteiger partial charge in [0.15, 0.2) is 5.78 Å². The summed E-state index contributed by atoms with van der Waals surface area (Å²) in [6.07, 6.45) is 0.367. The molecule has 0 radical (unpaired) electrons. The highest BCUT2D eigenvalue weighted by molar-refractivity contribution is 5.98. The number of ether oxygens (including phenoxy) is 1. The number of ketones is 1. The van der Waals surface area contributed by atoms with Crippen LogP contribution in [0.1, 0.15) is 21.7 Å². The largest absolute Gasteiger partial charge is 0.492 e. The van der Waals surface area contributed by atoms with E-state index in [2.05, 4.69) is 0 Å². The van der Waals surface area contributed by atoms with Gasteiger partial charge in [-0.05, 0) is 13.3 Å². The topological polar surface area (TPSA) is 56.5 Å². The first kappa shape index (κ1) is 12.7. The maximum atomic E-state index is 12.4. The van der Waals surface area contributed by atoms with Gasteiger partial charge in [-0.3, -0.25) is 4.79 Å². The Morgan fingerprint density at radius 3 is 2.75 bits per heavy atom. The van der Waals surface area contributed by atoms with Crippen molar-refractivity contribution in [3.63, 3.8) is 0 Å². The highest BCUT2D eigenvalue weighted by Gasteiger charge is 2.29. The molecule has 102 valence electrons. The average Bonchev–Trinajstić information content (AvgIpc) is 2.47. The molecule has 0 spiro atoms. The van der Waals surface area contributed by atoms with Gasteiger partial charge in [-0.1, -0.05) is 30.3 Å². The van der Waals surface area contributed by atoms with E-state index >= 15 is 0 Å². The van der Waals surface area contributed by atoms with Gasteiger partial charge in [0.1, 0.15) is 11.5 Å². The number of benzene rings is 1. The zero-order valence-electron chi connectivity index (χ0n) is 11.1. The molecule has 2 aromatic rings. The molecule has 0 aliphatic carbocycles. The van der Waals surface area contributed by atoms with Gasteiger partial charge in [0.25, 0.3) is 0 Å². The summed E-state index contributed by atoms with van der Waals surface area (Å²) in [5.74, 6) is 0.712. The van der Waals surface area contributed by atoms with Gasteiger partial charge in [-0.25, -0.2) is 4.79 Å². The van der Waals surface area contributed by atoms with Crippen molar-refractivity contribution >= 4 is 5.78 Å². The molecule has 1 aliphatic heterocycles.